The molecule has 0 aliphatic heterocycles. The Balaban J connectivity index is 1.34. The summed E-state index contributed by atoms with van der Waals surface area (Å²) in [6, 6.07) is 6.50. The van der Waals surface area contributed by atoms with Crippen molar-refractivity contribution in [3.63, 3.8) is 0 Å². The third kappa shape index (κ3) is 3.59. The predicted octanol–water partition coefficient (Wildman–Crippen LogP) is 2.05. The molecule has 0 radical (unpaired) electrons. The molecule has 1 heterocycles. The molecule has 1 aromatic heterocycles. The molecule has 2 aliphatic rings. The Labute approximate surface area is 157 Å². The van der Waals surface area contributed by atoms with Crippen molar-refractivity contribution in [1.29, 1.82) is 0 Å². The van der Waals surface area contributed by atoms with Gasteiger partial charge in [0.15, 0.2) is 0 Å². The summed E-state index contributed by atoms with van der Waals surface area (Å²) in [5.74, 6) is 1.47. The van der Waals surface area contributed by atoms with E-state index in [2.05, 4.69) is 15.6 Å². The first-order chi connectivity index (χ1) is 13.0. The van der Waals surface area contributed by atoms with Crippen LogP contribution in [0.15, 0.2) is 35.4 Å². The number of aromatic nitrogens is 2. The van der Waals surface area contributed by atoms with Crippen LogP contribution in [0.5, 0.6) is 0 Å². The third-order valence-electron chi connectivity index (χ3n) is 6.09. The van der Waals surface area contributed by atoms with E-state index in [1.54, 1.807) is 24.3 Å². The maximum atomic E-state index is 12.4. The van der Waals surface area contributed by atoms with Crippen molar-refractivity contribution in [2.75, 3.05) is 0 Å². The normalized spacial score (nSPS) is 24.7. The van der Waals surface area contributed by atoms with Crippen molar-refractivity contribution in [3.8, 4) is 0 Å². The highest BCUT2D eigenvalue weighted by atomic mass is 16.2. The number of hydrogen-bond donors (Lipinski definition) is 2. The topological polar surface area (TPSA) is 93.1 Å². The van der Waals surface area contributed by atoms with Gasteiger partial charge in [0.05, 0.1) is 17.2 Å². The number of fused-ring (bicyclic) bond motifs is 3. The SMILES string of the molecule is C[C@H](NC(=O)NC(=O)Cn1cnc2ccccc2c1=O)[C@@H]1C[C@H]2CC[C@H]1C2. The van der Waals surface area contributed by atoms with Gasteiger partial charge in [-0.15, -0.1) is 0 Å². The zero-order valence-electron chi connectivity index (χ0n) is 15.4. The third-order valence-corrected chi connectivity index (χ3v) is 6.09. The zero-order valence-corrected chi connectivity index (χ0v) is 15.4. The van der Waals surface area contributed by atoms with Crippen LogP contribution in [-0.4, -0.2) is 27.5 Å². The van der Waals surface area contributed by atoms with Crippen LogP contribution >= 0.6 is 0 Å². The second-order valence-electron chi connectivity index (χ2n) is 7.84. The number of amides is 3. The largest absolute Gasteiger partial charge is 0.335 e. The quantitative estimate of drug-likeness (QED) is 0.864. The summed E-state index contributed by atoms with van der Waals surface area (Å²) in [5.41, 5.74) is 0.281. The lowest BCUT2D eigenvalue weighted by atomic mass is 9.84. The first kappa shape index (κ1) is 17.7. The Morgan fingerprint density at radius 1 is 1.26 bits per heavy atom. The van der Waals surface area contributed by atoms with Gasteiger partial charge in [0.1, 0.15) is 6.54 Å². The molecule has 4 rings (SSSR count). The second-order valence-corrected chi connectivity index (χ2v) is 7.84. The molecule has 2 saturated carbocycles. The summed E-state index contributed by atoms with van der Waals surface area (Å²) in [6.45, 7) is 1.76. The molecule has 2 fully saturated rings. The fourth-order valence-corrected chi connectivity index (χ4v) is 4.80. The maximum Gasteiger partial charge on any atom is 0.321 e. The second kappa shape index (κ2) is 7.13. The average molecular weight is 368 g/mol. The Bertz CT molecular complexity index is 938. The van der Waals surface area contributed by atoms with E-state index in [1.807, 2.05) is 6.92 Å². The highest BCUT2D eigenvalue weighted by Crippen LogP contribution is 2.49. The number of nitrogens with one attached hydrogen (secondary N) is 2. The van der Waals surface area contributed by atoms with E-state index < -0.39 is 11.9 Å². The van der Waals surface area contributed by atoms with Crippen molar-refractivity contribution in [3.05, 3.63) is 40.9 Å². The summed E-state index contributed by atoms with van der Waals surface area (Å²) in [5, 5.41) is 5.67. The molecule has 0 saturated heterocycles. The number of carbonyl (C=O) groups is 2. The Kier molecular flexibility index (Phi) is 4.68. The number of imide groups is 1. The number of rotatable bonds is 4. The Morgan fingerprint density at radius 2 is 2.07 bits per heavy atom. The molecule has 142 valence electrons. The van der Waals surface area contributed by atoms with E-state index in [0.29, 0.717) is 22.7 Å². The van der Waals surface area contributed by atoms with E-state index in [0.717, 1.165) is 12.3 Å². The summed E-state index contributed by atoms with van der Waals surface area (Å²) >= 11 is 0. The summed E-state index contributed by atoms with van der Waals surface area (Å²) in [7, 11) is 0. The number of nitrogens with zero attached hydrogens (tertiary/aromatic N) is 2. The van der Waals surface area contributed by atoms with Gasteiger partial charge in [-0.25, -0.2) is 9.78 Å². The van der Waals surface area contributed by atoms with Crippen LogP contribution in [0.1, 0.15) is 32.6 Å². The number of urea groups is 1. The fourth-order valence-electron chi connectivity index (χ4n) is 4.80. The molecule has 0 unspecified atom stereocenters. The minimum Gasteiger partial charge on any atom is -0.335 e. The summed E-state index contributed by atoms with van der Waals surface area (Å²) in [6.07, 6.45) is 6.33. The molecule has 27 heavy (non-hydrogen) atoms. The number of carbonyl (C=O) groups excluding carboxylic acids is 2. The lowest BCUT2D eigenvalue weighted by Crippen LogP contribution is -2.48. The molecule has 2 N–H and O–H groups in total. The summed E-state index contributed by atoms with van der Waals surface area (Å²) in [4.78, 5) is 40.9. The van der Waals surface area contributed by atoms with Crippen LogP contribution in [0.2, 0.25) is 0 Å². The van der Waals surface area contributed by atoms with E-state index in [4.69, 9.17) is 0 Å². The average Bonchev–Trinajstić information content (AvgIpc) is 3.27. The highest BCUT2D eigenvalue weighted by molar-refractivity contribution is 5.94. The van der Waals surface area contributed by atoms with E-state index in [-0.39, 0.29) is 18.1 Å². The molecule has 2 aliphatic carbocycles. The molecule has 0 spiro atoms. The van der Waals surface area contributed by atoms with E-state index >= 15 is 0 Å². The van der Waals surface area contributed by atoms with E-state index in [1.165, 1.54) is 30.2 Å². The Hall–Kier alpha value is -2.70. The molecule has 7 heteroatoms. The lowest BCUT2D eigenvalue weighted by Gasteiger charge is -2.28. The molecule has 1 aromatic carbocycles. The molecule has 3 amide bonds. The van der Waals surface area contributed by atoms with Crippen molar-refractivity contribution < 1.29 is 9.59 Å². The number of para-hydroxylation sites is 1. The van der Waals surface area contributed by atoms with Crippen LogP contribution in [0.3, 0.4) is 0 Å². The maximum absolute atomic E-state index is 12.4. The molecule has 2 bridgehead atoms. The minimum absolute atomic E-state index is 0.0400. The van der Waals surface area contributed by atoms with Gasteiger partial charge in [-0.3, -0.25) is 19.5 Å². The smallest absolute Gasteiger partial charge is 0.321 e. The van der Waals surface area contributed by atoms with Crippen LogP contribution in [0, 0.1) is 17.8 Å². The van der Waals surface area contributed by atoms with Gasteiger partial charge in [0.2, 0.25) is 5.91 Å². The number of benzene rings is 1. The van der Waals surface area contributed by atoms with Gasteiger partial charge in [0.25, 0.3) is 5.56 Å². The Morgan fingerprint density at radius 3 is 2.81 bits per heavy atom. The van der Waals surface area contributed by atoms with Gasteiger partial charge in [-0.1, -0.05) is 18.6 Å². The fraction of sp³-hybridized carbons (Fsp3) is 0.500. The number of hydrogen-bond acceptors (Lipinski definition) is 4. The first-order valence-corrected chi connectivity index (χ1v) is 9.56. The van der Waals surface area contributed by atoms with Gasteiger partial charge in [-0.05, 0) is 56.1 Å². The molecule has 2 aromatic rings. The van der Waals surface area contributed by atoms with Gasteiger partial charge < -0.3 is 5.32 Å². The van der Waals surface area contributed by atoms with E-state index in [9.17, 15) is 14.4 Å². The summed E-state index contributed by atoms with van der Waals surface area (Å²) < 4.78 is 1.21. The van der Waals surface area contributed by atoms with Crippen LogP contribution < -0.4 is 16.2 Å². The molecular weight excluding hydrogens is 344 g/mol. The first-order valence-electron chi connectivity index (χ1n) is 9.56. The minimum atomic E-state index is -0.535. The van der Waals surface area contributed by atoms with Crippen LogP contribution in [-0.2, 0) is 11.3 Å². The predicted molar refractivity (Wildman–Crippen MR) is 101 cm³/mol. The van der Waals surface area contributed by atoms with Crippen molar-refractivity contribution >= 4 is 22.8 Å². The molecule has 4 atom stereocenters. The van der Waals surface area contributed by atoms with Crippen molar-refractivity contribution in [2.24, 2.45) is 17.8 Å². The highest BCUT2D eigenvalue weighted by Gasteiger charge is 2.42. The van der Waals surface area contributed by atoms with Crippen molar-refractivity contribution in [1.82, 2.24) is 20.2 Å². The van der Waals surface area contributed by atoms with Gasteiger partial charge in [0, 0.05) is 6.04 Å². The molecular formula is C20H24N4O3. The zero-order chi connectivity index (χ0) is 19.0. The standard InChI is InChI=1S/C20H24N4O3/c1-12(16-9-13-6-7-14(16)8-13)22-20(27)23-18(25)10-24-11-21-17-5-3-2-4-15(17)19(24)26/h2-5,11-14,16H,6-10H2,1H3,(H2,22,23,25,27)/t12-,13-,14-,16-/m0/s1. The molecule has 7 nitrogen and oxygen atoms in total. The van der Waals surface area contributed by atoms with Gasteiger partial charge in [-0.2, -0.15) is 0 Å². The lowest BCUT2D eigenvalue weighted by molar-refractivity contribution is -0.120. The van der Waals surface area contributed by atoms with Crippen LogP contribution in [0.25, 0.3) is 10.9 Å². The van der Waals surface area contributed by atoms with Gasteiger partial charge >= 0.3 is 6.03 Å². The monoisotopic (exact) mass is 368 g/mol. The van der Waals surface area contributed by atoms with Crippen LogP contribution in [0.4, 0.5) is 4.79 Å². The van der Waals surface area contributed by atoms with Crippen molar-refractivity contribution in [2.45, 2.75) is 45.2 Å².